The molecule has 3 rings (SSSR count). The maximum Gasteiger partial charge on any atom is 0.306 e. The Labute approximate surface area is 252 Å². The zero-order valence-electron chi connectivity index (χ0n) is 25.3. The van der Waals surface area contributed by atoms with Gasteiger partial charge in [0.05, 0.1) is 22.3 Å². The summed E-state index contributed by atoms with van der Waals surface area (Å²) in [5, 5.41) is -0.484. The third-order valence-electron chi connectivity index (χ3n) is 7.83. The molecule has 0 saturated heterocycles. The lowest BCUT2D eigenvalue weighted by molar-refractivity contribution is -0.145. The fraction of sp³-hybridized carbons (Fsp3) is 0.529. The molecule has 0 bridgehead atoms. The number of anilines is 2. The highest BCUT2D eigenvalue weighted by Crippen LogP contribution is 2.32. The standard InChI is InChI=1S/C34H45F3N2O4/c1-2-3-4-5-6-7-8-9-10-11-12-13-14-15-16-17-29(41)42-22-24-31(36)33(39)30-27(40)21-28(43-34(30)32(24)37)23-18-19-26(38)25(35)20-23/h18-21H,2-17,22,38-39H2,1H3. The van der Waals surface area contributed by atoms with Gasteiger partial charge in [0.25, 0.3) is 0 Å². The monoisotopic (exact) mass is 602 g/mol. The first-order valence-corrected chi connectivity index (χ1v) is 15.7. The zero-order chi connectivity index (χ0) is 31.2. The van der Waals surface area contributed by atoms with E-state index in [-0.39, 0.29) is 23.4 Å². The van der Waals surface area contributed by atoms with Gasteiger partial charge in [-0.3, -0.25) is 9.59 Å². The summed E-state index contributed by atoms with van der Waals surface area (Å²) in [7, 11) is 0. The molecule has 0 aliphatic carbocycles. The minimum absolute atomic E-state index is 0.113. The van der Waals surface area contributed by atoms with E-state index >= 15 is 4.39 Å². The number of benzene rings is 2. The first kappa shape index (κ1) is 34.0. The summed E-state index contributed by atoms with van der Waals surface area (Å²) in [6.45, 7) is 1.53. The molecular weight excluding hydrogens is 557 g/mol. The SMILES string of the molecule is CCCCCCCCCCCCCCCCCC(=O)OCc1c(F)c(N)c2c(=O)cc(-c3ccc(N)c(F)c3)oc2c1F. The molecule has 0 radical (unpaired) electrons. The van der Waals surface area contributed by atoms with Crippen LogP contribution < -0.4 is 16.9 Å². The maximum atomic E-state index is 15.4. The number of nitrogen functional groups attached to an aromatic ring is 2. The van der Waals surface area contributed by atoms with E-state index < -0.39 is 57.7 Å². The van der Waals surface area contributed by atoms with Gasteiger partial charge in [0.2, 0.25) is 0 Å². The van der Waals surface area contributed by atoms with E-state index in [1.165, 1.54) is 82.8 Å². The van der Waals surface area contributed by atoms with Gasteiger partial charge in [0.1, 0.15) is 18.2 Å². The lowest BCUT2D eigenvalue weighted by Gasteiger charge is -2.12. The Kier molecular flexibility index (Phi) is 13.9. The maximum absolute atomic E-state index is 15.4. The van der Waals surface area contributed by atoms with Gasteiger partial charge < -0.3 is 20.6 Å². The van der Waals surface area contributed by atoms with Gasteiger partial charge in [-0.1, -0.05) is 96.8 Å². The van der Waals surface area contributed by atoms with E-state index in [0.29, 0.717) is 6.42 Å². The van der Waals surface area contributed by atoms with E-state index in [4.69, 9.17) is 20.6 Å². The van der Waals surface area contributed by atoms with Crippen molar-refractivity contribution < 1.29 is 27.1 Å². The second kappa shape index (κ2) is 17.6. The van der Waals surface area contributed by atoms with Crippen LogP contribution in [0.1, 0.15) is 115 Å². The van der Waals surface area contributed by atoms with Gasteiger partial charge >= 0.3 is 5.97 Å². The van der Waals surface area contributed by atoms with Crippen LogP contribution in [0.5, 0.6) is 0 Å². The van der Waals surface area contributed by atoms with Crippen molar-refractivity contribution in [3.63, 3.8) is 0 Å². The van der Waals surface area contributed by atoms with Crippen molar-refractivity contribution in [3.8, 4) is 11.3 Å². The van der Waals surface area contributed by atoms with Gasteiger partial charge in [0, 0.05) is 18.1 Å². The number of fused-ring (bicyclic) bond motifs is 1. The summed E-state index contributed by atoms with van der Waals surface area (Å²) in [6, 6.07) is 4.67. The lowest BCUT2D eigenvalue weighted by Crippen LogP contribution is -2.12. The summed E-state index contributed by atoms with van der Waals surface area (Å²) in [4.78, 5) is 24.9. The van der Waals surface area contributed by atoms with E-state index in [9.17, 15) is 18.4 Å². The van der Waals surface area contributed by atoms with Crippen molar-refractivity contribution >= 4 is 28.3 Å². The smallest absolute Gasteiger partial charge is 0.306 e. The quantitative estimate of drug-likeness (QED) is 0.0804. The Bertz CT molecular complexity index is 1410. The van der Waals surface area contributed by atoms with Crippen LogP contribution in [0.4, 0.5) is 24.5 Å². The van der Waals surface area contributed by atoms with Crippen LogP contribution in [0.2, 0.25) is 0 Å². The molecule has 1 heterocycles. The number of ether oxygens (including phenoxy) is 1. The largest absolute Gasteiger partial charge is 0.461 e. The van der Waals surface area contributed by atoms with Crippen LogP contribution in [-0.4, -0.2) is 5.97 Å². The Balaban J connectivity index is 1.43. The molecule has 0 unspecified atom stereocenters. The summed E-state index contributed by atoms with van der Waals surface area (Å²) < 4.78 is 54.9. The minimum atomic E-state index is -1.21. The number of rotatable bonds is 19. The predicted molar refractivity (Wildman–Crippen MR) is 166 cm³/mol. The summed E-state index contributed by atoms with van der Waals surface area (Å²) in [6.07, 6.45) is 18.2. The molecule has 3 aromatic rings. The lowest BCUT2D eigenvalue weighted by atomic mass is 10.0. The number of nitrogens with two attached hydrogens (primary N) is 2. The second-order valence-corrected chi connectivity index (χ2v) is 11.3. The van der Waals surface area contributed by atoms with Gasteiger partial charge in [-0.2, -0.15) is 0 Å². The molecule has 0 fully saturated rings. The van der Waals surface area contributed by atoms with E-state index in [2.05, 4.69) is 6.92 Å². The molecule has 0 saturated carbocycles. The van der Waals surface area contributed by atoms with E-state index in [1.807, 2.05) is 0 Å². The van der Waals surface area contributed by atoms with Crippen LogP contribution in [-0.2, 0) is 16.1 Å². The number of carbonyl (C=O) groups excluding carboxylic acids is 1. The molecule has 43 heavy (non-hydrogen) atoms. The number of halogens is 3. The van der Waals surface area contributed by atoms with Crippen molar-refractivity contribution in [2.24, 2.45) is 0 Å². The fourth-order valence-electron chi connectivity index (χ4n) is 5.22. The van der Waals surface area contributed by atoms with E-state index in [0.717, 1.165) is 31.4 Å². The number of unbranched alkanes of at least 4 members (excludes halogenated alkanes) is 14. The van der Waals surface area contributed by atoms with Gasteiger partial charge in [-0.25, -0.2) is 13.2 Å². The van der Waals surface area contributed by atoms with Crippen LogP contribution in [0.15, 0.2) is 33.5 Å². The molecule has 0 amide bonds. The van der Waals surface area contributed by atoms with Crippen molar-refractivity contribution in [1.29, 1.82) is 0 Å². The molecule has 0 spiro atoms. The van der Waals surface area contributed by atoms with Crippen LogP contribution in [0.25, 0.3) is 22.3 Å². The van der Waals surface area contributed by atoms with Gasteiger partial charge in [-0.05, 0) is 24.6 Å². The highest BCUT2D eigenvalue weighted by molar-refractivity contribution is 5.91. The summed E-state index contributed by atoms with van der Waals surface area (Å²) >= 11 is 0. The topological polar surface area (TPSA) is 109 Å². The number of esters is 1. The van der Waals surface area contributed by atoms with Gasteiger partial charge in [0.15, 0.2) is 22.6 Å². The fourth-order valence-corrected chi connectivity index (χ4v) is 5.22. The number of hydrogen-bond acceptors (Lipinski definition) is 6. The van der Waals surface area contributed by atoms with Crippen molar-refractivity contribution in [1.82, 2.24) is 0 Å². The average Bonchev–Trinajstić information content (AvgIpc) is 2.99. The minimum Gasteiger partial charge on any atom is -0.461 e. The molecule has 2 aromatic carbocycles. The second-order valence-electron chi connectivity index (χ2n) is 11.3. The Morgan fingerprint density at radius 3 is 1.91 bits per heavy atom. The first-order chi connectivity index (χ1) is 20.7. The number of hydrogen-bond donors (Lipinski definition) is 2. The van der Waals surface area contributed by atoms with E-state index in [1.54, 1.807) is 0 Å². The van der Waals surface area contributed by atoms with Crippen LogP contribution in [0.3, 0.4) is 0 Å². The van der Waals surface area contributed by atoms with Crippen molar-refractivity contribution in [3.05, 3.63) is 57.5 Å². The average molecular weight is 603 g/mol. The first-order valence-electron chi connectivity index (χ1n) is 15.7. The van der Waals surface area contributed by atoms with Gasteiger partial charge in [-0.15, -0.1) is 0 Å². The molecule has 9 heteroatoms. The molecule has 0 aliphatic rings. The molecule has 4 N–H and O–H groups in total. The Morgan fingerprint density at radius 2 is 1.35 bits per heavy atom. The Morgan fingerprint density at radius 1 is 0.791 bits per heavy atom. The van der Waals surface area contributed by atoms with Crippen LogP contribution in [0, 0.1) is 17.5 Å². The predicted octanol–water partition coefficient (Wildman–Crippen LogP) is 9.35. The third-order valence-corrected chi connectivity index (χ3v) is 7.83. The zero-order valence-corrected chi connectivity index (χ0v) is 25.3. The molecule has 6 nitrogen and oxygen atoms in total. The normalized spacial score (nSPS) is 11.3. The highest BCUT2D eigenvalue weighted by atomic mass is 19.1. The molecular formula is C34H45F3N2O4. The Hall–Kier alpha value is -3.49. The molecule has 236 valence electrons. The summed E-state index contributed by atoms with van der Waals surface area (Å²) in [5.41, 5.74) is 8.66. The van der Waals surface area contributed by atoms with Crippen molar-refractivity contribution in [2.75, 3.05) is 11.5 Å². The highest BCUT2D eigenvalue weighted by Gasteiger charge is 2.24. The van der Waals surface area contributed by atoms with Crippen LogP contribution >= 0.6 is 0 Å². The van der Waals surface area contributed by atoms with Crippen molar-refractivity contribution in [2.45, 2.75) is 116 Å². The molecule has 0 aliphatic heterocycles. The number of carbonyl (C=O) groups is 1. The summed E-state index contributed by atoms with van der Waals surface area (Å²) in [5.74, 6) is -3.89. The molecule has 1 aromatic heterocycles. The molecule has 0 atom stereocenters. The third kappa shape index (κ3) is 10.0.